The average molecular weight is 672 g/mol. The molecule has 0 saturated heterocycles. The van der Waals surface area contributed by atoms with Crippen LogP contribution in [0.3, 0.4) is 0 Å². The zero-order valence-electron chi connectivity index (χ0n) is 27.3. The predicted molar refractivity (Wildman–Crippen MR) is 185 cm³/mol. The van der Waals surface area contributed by atoms with Gasteiger partial charge < -0.3 is 15.0 Å². The molecule has 0 bridgehead atoms. The third-order valence-corrected chi connectivity index (χ3v) is 10.5. The fourth-order valence-corrected chi connectivity index (χ4v) is 7.45. The van der Waals surface area contributed by atoms with Crippen LogP contribution in [0.1, 0.15) is 48.8 Å². The molecule has 1 atom stereocenters. The SMILES string of the molecule is COc1cccc(CN(C(=O)CN(c2ccc(C)cc2)S(=O)(=O)c2ccc(F)cc2)[C@H](Cc2ccccc2)C(=O)NC2CCCCC2)c1. The lowest BCUT2D eigenvalue weighted by Crippen LogP contribution is -2.55. The monoisotopic (exact) mass is 671 g/mol. The highest BCUT2D eigenvalue weighted by Gasteiger charge is 2.35. The predicted octanol–water partition coefficient (Wildman–Crippen LogP) is 6.43. The second-order valence-corrected chi connectivity index (χ2v) is 14.1. The van der Waals surface area contributed by atoms with E-state index in [2.05, 4.69) is 5.32 Å². The topological polar surface area (TPSA) is 96.0 Å². The standard InChI is InChI=1S/C38H42FN3O5S/c1-28-16-20-33(21-17-28)42(48(45,46)35-22-18-31(39)19-23-35)27-37(43)41(26-30-12-9-15-34(24-30)47-2)36(25-29-10-5-3-6-11-29)38(44)40-32-13-7-4-8-14-32/h3,5-6,9-12,15-24,32,36H,4,7-8,13-14,25-27H2,1-2H3,(H,40,44)/t36-/m1/s1. The molecule has 0 spiro atoms. The van der Waals surface area contributed by atoms with Gasteiger partial charge in [0.15, 0.2) is 0 Å². The fourth-order valence-electron chi connectivity index (χ4n) is 6.04. The summed E-state index contributed by atoms with van der Waals surface area (Å²) in [5, 5.41) is 3.21. The van der Waals surface area contributed by atoms with E-state index in [-0.39, 0.29) is 35.5 Å². The van der Waals surface area contributed by atoms with Gasteiger partial charge in [0.1, 0.15) is 24.2 Å². The molecule has 4 aromatic rings. The van der Waals surface area contributed by atoms with Gasteiger partial charge in [-0.2, -0.15) is 0 Å². The molecule has 48 heavy (non-hydrogen) atoms. The molecule has 0 aliphatic heterocycles. The van der Waals surface area contributed by atoms with Gasteiger partial charge in [0.25, 0.3) is 10.0 Å². The van der Waals surface area contributed by atoms with Crippen LogP contribution < -0.4 is 14.4 Å². The lowest BCUT2D eigenvalue weighted by atomic mass is 9.94. The number of anilines is 1. The maximum Gasteiger partial charge on any atom is 0.264 e. The van der Waals surface area contributed by atoms with Crippen LogP contribution in [0, 0.1) is 12.7 Å². The molecular formula is C38H42FN3O5S. The molecule has 0 aromatic heterocycles. The van der Waals surface area contributed by atoms with Crippen molar-refractivity contribution in [3.05, 3.63) is 126 Å². The third-order valence-electron chi connectivity index (χ3n) is 8.71. The number of amides is 2. The zero-order valence-corrected chi connectivity index (χ0v) is 28.2. The summed E-state index contributed by atoms with van der Waals surface area (Å²) in [6.07, 6.45) is 5.12. The first kappa shape index (κ1) is 34.6. The van der Waals surface area contributed by atoms with E-state index in [1.165, 1.54) is 17.0 Å². The van der Waals surface area contributed by atoms with E-state index in [0.29, 0.717) is 5.75 Å². The Morgan fingerprint density at radius 1 is 0.875 bits per heavy atom. The number of methoxy groups -OCH3 is 1. The normalized spacial score (nSPS) is 14.1. The smallest absolute Gasteiger partial charge is 0.264 e. The number of carbonyl (C=O) groups excluding carboxylic acids is 2. The van der Waals surface area contributed by atoms with E-state index in [4.69, 9.17) is 4.74 Å². The molecule has 1 aliphatic carbocycles. The van der Waals surface area contributed by atoms with Gasteiger partial charge in [-0.25, -0.2) is 12.8 Å². The quantitative estimate of drug-likeness (QED) is 0.177. The van der Waals surface area contributed by atoms with Crippen molar-refractivity contribution in [1.29, 1.82) is 0 Å². The first-order valence-corrected chi connectivity index (χ1v) is 17.7. The summed E-state index contributed by atoms with van der Waals surface area (Å²) in [6, 6.07) is 27.1. The number of ether oxygens (including phenoxy) is 1. The van der Waals surface area contributed by atoms with Crippen molar-refractivity contribution in [3.8, 4) is 5.75 Å². The average Bonchev–Trinajstić information content (AvgIpc) is 3.10. The molecule has 2 amide bonds. The minimum absolute atomic E-state index is 0.00112. The molecule has 1 N–H and O–H groups in total. The number of rotatable bonds is 13. The number of hydrogen-bond acceptors (Lipinski definition) is 5. The van der Waals surface area contributed by atoms with Crippen LogP contribution in [0.15, 0.2) is 108 Å². The lowest BCUT2D eigenvalue weighted by molar-refractivity contribution is -0.140. The van der Waals surface area contributed by atoms with E-state index >= 15 is 0 Å². The number of hydrogen-bond donors (Lipinski definition) is 1. The van der Waals surface area contributed by atoms with Gasteiger partial charge in [-0.05, 0) is 79.4 Å². The summed E-state index contributed by atoms with van der Waals surface area (Å²) in [4.78, 5) is 30.2. The van der Waals surface area contributed by atoms with Gasteiger partial charge in [0.2, 0.25) is 11.8 Å². The summed E-state index contributed by atoms with van der Waals surface area (Å²) >= 11 is 0. The van der Waals surface area contributed by atoms with Crippen molar-refractivity contribution in [2.75, 3.05) is 18.0 Å². The molecule has 0 unspecified atom stereocenters. The van der Waals surface area contributed by atoms with Crippen LogP contribution in [0.4, 0.5) is 10.1 Å². The zero-order chi connectivity index (χ0) is 34.1. The minimum atomic E-state index is -4.32. The Labute approximate surface area is 282 Å². The molecule has 1 aliphatic rings. The molecule has 0 heterocycles. The van der Waals surface area contributed by atoms with Crippen LogP contribution in [-0.2, 0) is 32.6 Å². The van der Waals surface area contributed by atoms with Gasteiger partial charge in [-0.1, -0.05) is 79.4 Å². The van der Waals surface area contributed by atoms with Crippen molar-refractivity contribution < 1.29 is 27.1 Å². The van der Waals surface area contributed by atoms with Crippen molar-refractivity contribution in [2.45, 2.75) is 69.0 Å². The van der Waals surface area contributed by atoms with Crippen molar-refractivity contribution in [2.24, 2.45) is 0 Å². The Morgan fingerprint density at radius 3 is 2.21 bits per heavy atom. The second kappa shape index (κ2) is 15.9. The molecule has 4 aromatic carbocycles. The number of nitrogens with zero attached hydrogens (tertiary/aromatic N) is 2. The fraction of sp³-hybridized carbons (Fsp3) is 0.316. The molecule has 10 heteroatoms. The summed E-state index contributed by atoms with van der Waals surface area (Å²) in [5.74, 6) is -0.843. The summed E-state index contributed by atoms with van der Waals surface area (Å²) in [7, 11) is -2.77. The molecule has 0 radical (unpaired) electrons. The summed E-state index contributed by atoms with van der Waals surface area (Å²) in [6.45, 7) is 1.32. The highest BCUT2D eigenvalue weighted by Crippen LogP contribution is 2.26. The Hall–Kier alpha value is -4.70. The van der Waals surface area contributed by atoms with Gasteiger partial charge in [-0.15, -0.1) is 0 Å². The second-order valence-electron chi connectivity index (χ2n) is 12.2. The van der Waals surface area contributed by atoms with Gasteiger partial charge in [0.05, 0.1) is 17.7 Å². The number of nitrogens with one attached hydrogen (secondary N) is 1. The highest BCUT2D eigenvalue weighted by molar-refractivity contribution is 7.92. The number of sulfonamides is 1. The Kier molecular flexibility index (Phi) is 11.5. The van der Waals surface area contributed by atoms with Crippen LogP contribution in [0.5, 0.6) is 5.75 Å². The molecule has 1 fully saturated rings. The van der Waals surface area contributed by atoms with E-state index in [1.807, 2.05) is 49.4 Å². The van der Waals surface area contributed by atoms with Crippen molar-refractivity contribution in [1.82, 2.24) is 10.2 Å². The maximum atomic E-state index is 14.7. The number of aryl methyl sites for hydroxylation is 1. The highest BCUT2D eigenvalue weighted by atomic mass is 32.2. The summed E-state index contributed by atoms with van der Waals surface area (Å²) < 4.78 is 48.5. The Balaban J connectivity index is 1.57. The molecular weight excluding hydrogens is 629 g/mol. The molecule has 5 rings (SSSR count). The first-order valence-electron chi connectivity index (χ1n) is 16.3. The van der Waals surface area contributed by atoms with Crippen molar-refractivity contribution >= 4 is 27.5 Å². The summed E-state index contributed by atoms with van der Waals surface area (Å²) in [5.41, 5.74) is 2.76. The Bertz CT molecular complexity index is 1780. The van der Waals surface area contributed by atoms with Crippen molar-refractivity contribution in [3.63, 3.8) is 0 Å². The minimum Gasteiger partial charge on any atom is -0.497 e. The first-order chi connectivity index (χ1) is 23.1. The maximum absolute atomic E-state index is 14.7. The van der Waals surface area contributed by atoms with E-state index in [1.54, 1.807) is 43.5 Å². The van der Waals surface area contributed by atoms with Gasteiger partial charge >= 0.3 is 0 Å². The van der Waals surface area contributed by atoms with E-state index in [9.17, 15) is 22.4 Å². The van der Waals surface area contributed by atoms with Gasteiger partial charge in [0, 0.05) is 19.0 Å². The molecule has 252 valence electrons. The van der Waals surface area contributed by atoms with Crippen LogP contribution in [0.2, 0.25) is 0 Å². The third kappa shape index (κ3) is 8.80. The Morgan fingerprint density at radius 2 is 1.54 bits per heavy atom. The van der Waals surface area contributed by atoms with E-state index in [0.717, 1.165) is 65.2 Å². The number of halogens is 1. The molecule has 8 nitrogen and oxygen atoms in total. The lowest BCUT2D eigenvalue weighted by Gasteiger charge is -2.35. The number of benzene rings is 4. The van der Waals surface area contributed by atoms with Crippen LogP contribution >= 0.6 is 0 Å². The van der Waals surface area contributed by atoms with Crippen LogP contribution in [0.25, 0.3) is 0 Å². The van der Waals surface area contributed by atoms with Gasteiger partial charge in [-0.3, -0.25) is 13.9 Å². The van der Waals surface area contributed by atoms with Crippen LogP contribution in [-0.4, -0.2) is 50.9 Å². The van der Waals surface area contributed by atoms with E-state index < -0.39 is 34.3 Å². The largest absolute Gasteiger partial charge is 0.497 e. The molecule has 1 saturated carbocycles. The number of carbonyl (C=O) groups is 2.